The Morgan fingerprint density at radius 3 is 0.897 bits per heavy atom. The number of hydrogen-bond donors (Lipinski definition) is 0. The van der Waals surface area contributed by atoms with Crippen LogP contribution in [0.3, 0.4) is 0 Å². The summed E-state index contributed by atoms with van der Waals surface area (Å²) in [5.41, 5.74) is 0. The molecule has 234 valence electrons. The van der Waals surface area contributed by atoms with Gasteiger partial charge in [0.2, 0.25) is 0 Å². The maximum Gasteiger partial charge on any atom is 0.425 e. The second kappa shape index (κ2) is 11.9. The number of rotatable bonds is 6. The smallest absolute Gasteiger partial charge is 0.294 e. The highest BCUT2D eigenvalue weighted by Gasteiger charge is 2.45. The van der Waals surface area contributed by atoms with E-state index in [4.69, 9.17) is 0 Å². The minimum Gasteiger partial charge on any atom is -0.294 e. The van der Waals surface area contributed by atoms with Crippen molar-refractivity contribution in [1.29, 1.82) is 0 Å². The minimum atomic E-state index is -7.59. The van der Waals surface area contributed by atoms with E-state index >= 15 is 4.20 Å². The molecule has 0 bridgehead atoms. The van der Waals surface area contributed by atoms with Gasteiger partial charge in [0.25, 0.3) is 0 Å². The monoisotopic (exact) mass is 738 g/mol. The van der Waals surface area contributed by atoms with E-state index in [2.05, 4.69) is 13.6 Å². The first kappa shape index (κ1) is 37.0. The lowest BCUT2D eigenvalue weighted by Gasteiger charge is -2.20. The van der Waals surface area contributed by atoms with Crippen LogP contribution >= 0.6 is 46.7 Å². The third kappa shape index (κ3) is 15.2. The molecule has 0 fully saturated rings. The largest absolute Gasteiger partial charge is 0.425 e. The average molecular weight is 738 g/mol. The van der Waals surface area contributed by atoms with E-state index in [0.717, 1.165) is 9.03 Å². The third-order valence-corrected chi connectivity index (χ3v) is 14.3. The van der Waals surface area contributed by atoms with E-state index in [1.807, 2.05) is 0 Å². The second-order valence-corrected chi connectivity index (χ2v) is 16.6. The SMILES string of the molecule is FC(F)(F)COP1(F)=NP(F)(F)=NP(F)(F)=NP(F)(F)=NP(F)(OCC(F)(F)F)=NP(F)(OCC(F)(F)F)=N1. The van der Waals surface area contributed by atoms with Crippen molar-refractivity contribution in [2.45, 2.75) is 18.5 Å². The molecule has 1 aliphatic rings. The molecule has 0 aliphatic carbocycles. The second-order valence-electron chi connectivity index (χ2n) is 5.99. The molecule has 3 atom stereocenters. The molecule has 33 heteroatoms. The summed E-state index contributed by atoms with van der Waals surface area (Å²) in [5, 5.41) is 0. The molecule has 1 aliphatic heterocycles. The van der Waals surface area contributed by atoms with Gasteiger partial charge in [-0.05, 0) is 0 Å². The molecule has 0 aromatic heterocycles. The molecule has 0 spiro atoms. The van der Waals surface area contributed by atoms with Crippen molar-refractivity contribution in [2.75, 3.05) is 19.8 Å². The van der Waals surface area contributed by atoms with Crippen molar-refractivity contribution in [3.63, 3.8) is 0 Å². The van der Waals surface area contributed by atoms with Gasteiger partial charge >= 0.3 is 65.2 Å². The number of hydrogen-bond acceptors (Lipinski definition) is 9. The average Bonchev–Trinajstić information content (AvgIpc) is 2.57. The third-order valence-electron chi connectivity index (χ3n) is 2.49. The molecule has 0 N–H and O–H groups in total. The van der Waals surface area contributed by atoms with Crippen molar-refractivity contribution >= 4 is 46.7 Å². The molecular formula is C6H6F18N6O3P6. The maximum absolute atomic E-state index is 15.1. The van der Waals surface area contributed by atoms with Crippen LogP contribution in [0.5, 0.6) is 0 Å². The summed E-state index contributed by atoms with van der Waals surface area (Å²) < 4.78 is 257. The van der Waals surface area contributed by atoms with Gasteiger partial charge in [0, 0.05) is 0 Å². The molecule has 0 saturated heterocycles. The first-order chi connectivity index (χ1) is 16.9. The van der Waals surface area contributed by atoms with Gasteiger partial charge in [-0.25, -0.2) is 0 Å². The quantitative estimate of drug-likeness (QED) is 0.200. The molecule has 3 unspecified atom stereocenters. The number of nitrogens with zero attached hydrogens (tertiary/aromatic N) is 6. The van der Waals surface area contributed by atoms with Crippen LogP contribution in [0.15, 0.2) is 27.1 Å². The van der Waals surface area contributed by atoms with Gasteiger partial charge in [0.15, 0.2) is 19.8 Å². The van der Waals surface area contributed by atoms with Crippen LogP contribution in [-0.4, -0.2) is 38.3 Å². The van der Waals surface area contributed by atoms with E-state index in [1.165, 1.54) is 9.03 Å². The Morgan fingerprint density at radius 2 is 0.590 bits per heavy atom. The first-order valence-electron chi connectivity index (χ1n) is 8.10. The molecular weight excluding hydrogens is 732 g/mol. The zero-order valence-corrected chi connectivity index (χ0v) is 22.4. The van der Waals surface area contributed by atoms with Crippen molar-refractivity contribution in [3.05, 3.63) is 0 Å². The maximum atomic E-state index is 15.1. The predicted octanol–water partition coefficient (Wildman–Crippen LogP) is 13.1. The van der Waals surface area contributed by atoms with Crippen molar-refractivity contribution in [1.82, 2.24) is 0 Å². The Hall–Kier alpha value is -0.000000000000000222. The topological polar surface area (TPSA) is 102 Å². The van der Waals surface area contributed by atoms with Gasteiger partial charge in [-0.3, -0.25) is 13.6 Å². The van der Waals surface area contributed by atoms with Crippen LogP contribution in [0.25, 0.3) is 0 Å². The van der Waals surface area contributed by atoms with Gasteiger partial charge < -0.3 is 0 Å². The van der Waals surface area contributed by atoms with Crippen molar-refractivity contribution in [2.24, 2.45) is 27.1 Å². The van der Waals surface area contributed by atoms with Gasteiger partial charge in [0.1, 0.15) is 0 Å². The standard InChI is InChI=1S/C6H6F18N6O3P6/c7-4(8,9)1-31-37(22)27-35(18,19)25-34(16,17)26-36(20,21)28-38(23,32-2-5(10,11)12)30-39(24,29-37)33-3-6(13,14)15/h1-3H2. The minimum absolute atomic E-state index is 1.06. The van der Waals surface area contributed by atoms with E-state index in [9.17, 15) is 73.1 Å². The van der Waals surface area contributed by atoms with Crippen molar-refractivity contribution < 1.29 is 90.9 Å². The molecule has 0 saturated carbocycles. The summed E-state index contributed by atoms with van der Waals surface area (Å²) in [5.74, 6) is 0. The van der Waals surface area contributed by atoms with E-state index in [0.29, 0.717) is 0 Å². The van der Waals surface area contributed by atoms with Gasteiger partial charge in [-0.1, -0.05) is 0 Å². The lowest BCUT2D eigenvalue weighted by molar-refractivity contribution is -0.153. The fraction of sp³-hybridized carbons (Fsp3) is 1.00. The Kier molecular flexibility index (Phi) is 11.3. The molecule has 1 rings (SSSR count). The summed E-state index contributed by atoms with van der Waals surface area (Å²) in [6.07, 6.45) is -17.4. The van der Waals surface area contributed by atoms with Crippen LogP contribution in [-0.2, 0) is 13.6 Å². The molecule has 9 nitrogen and oxygen atoms in total. The molecule has 0 aromatic rings. The van der Waals surface area contributed by atoms with Crippen LogP contribution in [0.4, 0.5) is 77.3 Å². The Bertz CT molecular complexity index is 1230. The summed E-state index contributed by atoms with van der Waals surface area (Å²) in [4.78, 5) is 0. The normalized spacial score (nSPS) is 31.5. The first-order valence-corrected chi connectivity index (χ1v) is 17.0. The molecule has 0 aromatic carbocycles. The van der Waals surface area contributed by atoms with Gasteiger partial charge in [-0.2, -0.15) is 52.1 Å². The van der Waals surface area contributed by atoms with E-state index < -0.39 is 85.1 Å². The fourth-order valence-electron chi connectivity index (χ4n) is 1.52. The highest BCUT2D eigenvalue weighted by molar-refractivity contribution is 7.78. The highest BCUT2D eigenvalue weighted by Crippen LogP contribution is 2.83. The lowest BCUT2D eigenvalue weighted by atomic mass is 10.7. The number of alkyl halides is 9. The van der Waals surface area contributed by atoms with Crippen LogP contribution in [0, 0.1) is 0 Å². The zero-order valence-electron chi connectivity index (χ0n) is 17.0. The summed E-state index contributed by atoms with van der Waals surface area (Å²) in [6, 6.07) is 0. The van der Waals surface area contributed by atoms with Crippen molar-refractivity contribution in [3.8, 4) is 0 Å². The van der Waals surface area contributed by atoms with Crippen LogP contribution < -0.4 is 0 Å². The Balaban J connectivity index is 4.31. The van der Waals surface area contributed by atoms with E-state index in [-0.39, 0.29) is 0 Å². The van der Waals surface area contributed by atoms with Gasteiger partial charge in [0.05, 0.1) is 0 Å². The lowest BCUT2D eigenvalue weighted by Crippen LogP contribution is -2.16. The van der Waals surface area contributed by atoms with Crippen LogP contribution in [0.2, 0.25) is 0 Å². The zero-order chi connectivity index (χ0) is 31.0. The fourth-order valence-corrected chi connectivity index (χ4v) is 12.9. The molecule has 0 amide bonds. The highest BCUT2D eigenvalue weighted by atomic mass is 31.3. The predicted molar refractivity (Wildman–Crippen MR) is 102 cm³/mol. The molecule has 1 heterocycles. The van der Waals surface area contributed by atoms with E-state index in [1.54, 1.807) is 9.03 Å². The Morgan fingerprint density at radius 1 is 0.359 bits per heavy atom. The van der Waals surface area contributed by atoms with Crippen LogP contribution in [0.1, 0.15) is 0 Å². The summed E-state index contributed by atoms with van der Waals surface area (Å²) in [7, 11) is -44.7. The number of halogens is 18. The summed E-state index contributed by atoms with van der Waals surface area (Å²) in [6.45, 7) is -9.37. The van der Waals surface area contributed by atoms with Gasteiger partial charge in [-0.15, -0.1) is 52.3 Å². The Labute approximate surface area is 204 Å². The molecule has 0 radical (unpaired) electrons. The molecule has 39 heavy (non-hydrogen) atoms. The summed E-state index contributed by atoms with van der Waals surface area (Å²) >= 11 is 0.